The number of amides is 1. The van der Waals surface area contributed by atoms with Crippen LogP contribution in [-0.2, 0) is 22.6 Å². The molecule has 0 radical (unpaired) electrons. The van der Waals surface area contributed by atoms with Crippen molar-refractivity contribution in [1.29, 1.82) is 10.5 Å². The SMILES string of the molecule is N#Cc1nc2c(s1)COc1cc(C[C@@H](C#N)NC(=O)[C@@H]3CNCCCO3)c(F)cc1-2. The van der Waals surface area contributed by atoms with E-state index >= 15 is 0 Å². The maximum Gasteiger partial charge on any atom is 0.251 e. The molecule has 0 unspecified atom stereocenters. The number of nitrogens with zero attached hydrogens (tertiary/aromatic N) is 3. The van der Waals surface area contributed by atoms with E-state index in [0.717, 1.165) is 17.8 Å². The second kappa shape index (κ2) is 8.76. The zero-order valence-corrected chi connectivity index (χ0v) is 16.7. The first-order chi connectivity index (χ1) is 14.6. The molecular formula is C20H18FN5O3S. The summed E-state index contributed by atoms with van der Waals surface area (Å²) < 4.78 is 26.0. The second-order valence-corrected chi connectivity index (χ2v) is 8.03. The highest BCUT2D eigenvalue weighted by Gasteiger charge is 2.27. The highest BCUT2D eigenvalue weighted by molar-refractivity contribution is 7.12. The van der Waals surface area contributed by atoms with E-state index in [1.807, 2.05) is 12.1 Å². The first kappa shape index (κ1) is 20.2. The molecule has 0 saturated carbocycles. The Balaban J connectivity index is 1.51. The third kappa shape index (κ3) is 4.12. The van der Waals surface area contributed by atoms with Crippen LogP contribution in [0.15, 0.2) is 12.1 Å². The minimum Gasteiger partial charge on any atom is -0.487 e. The molecule has 10 heteroatoms. The van der Waals surface area contributed by atoms with Gasteiger partial charge in [-0.2, -0.15) is 10.5 Å². The van der Waals surface area contributed by atoms with Gasteiger partial charge in [0.15, 0.2) is 5.01 Å². The van der Waals surface area contributed by atoms with Crippen molar-refractivity contribution in [1.82, 2.24) is 15.6 Å². The summed E-state index contributed by atoms with van der Waals surface area (Å²) in [5, 5.41) is 24.5. The van der Waals surface area contributed by atoms with Crippen LogP contribution in [-0.4, -0.2) is 42.7 Å². The van der Waals surface area contributed by atoms with Crippen LogP contribution in [0.4, 0.5) is 4.39 Å². The fourth-order valence-corrected chi connectivity index (χ4v) is 4.19. The average Bonchev–Trinajstić information content (AvgIpc) is 2.99. The zero-order chi connectivity index (χ0) is 21.1. The van der Waals surface area contributed by atoms with Crippen LogP contribution in [0.3, 0.4) is 0 Å². The number of nitriles is 2. The first-order valence-electron chi connectivity index (χ1n) is 9.46. The van der Waals surface area contributed by atoms with E-state index in [4.69, 9.17) is 14.7 Å². The van der Waals surface area contributed by atoms with Gasteiger partial charge in [0, 0.05) is 25.1 Å². The summed E-state index contributed by atoms with van der Waals surface area (Å²) in [6.45, 7) is 1.84. The van der Waals surface area contributed by atoms with Crippen molar-refractivity contribution in [3.8, 4) is 29.1 Å². The van der Waals surface area contributed by atoms with Gasteiger partial charge in [-0.1, -0.05) is 0 Å². The third-order valence-corrected chi connectivity index (χ3v) is 5.82. The van der Waals surface area contributed by atoms with E-state index in [0.29, 0.717) is 35.2 Å². The summed E-state index contributed by atoms with van der Waals surface area (Å²) in [4.78, 5) is 17.4. The van der Waals surface area contributed by atoms with Crippen molar-refractivity contribution in [3.63, 3.8) is 0 Å². The molecule has 0 aliphatic carbocycles. The van der Waals surface area contributed by atoms with E-state index in [-0.39, 0.29) is 18.6 Å². The number of aromatic nitrogens is 1. The van der Waals surface area contributed by atoms with Crippen molar-refractivity contribution in [2.45, 2.75) is 31.6 Å². The van der Waals surface area contributed by atoms with Crippen LogP contribution in [0.2, 0.25) is 0 Å². The predicted octanol–water partition coefficient (Wildman–Crippen LogP) is 1.64. The minimum absolute atomic E-state index is 0.0156. The summed E-state index contributed by atoms with van der Waals surface area (Å²) in [6.07, 6.45) is 0.109. The van der Waals surface area contributed by atoms with Gasteiger partial charge in [0.2, 0.25) is 0 Å². The van der Waals surface area contributed by atoms with E-state index in [2.05, 4.69) is 15.6 Å². The molecule has 2 atom stereocenters. The number of nitrogens with one attached hydrogen (secondary N) is 2. The Morgan fingerprint density at radius 2 is 2.33 bits per heavy atom. The lowest BCUT2D eigenvalue weighted by atomic mass is 10.00. The second-order valence-electron chi connectivity index (χ2n) is 6.94. The molecule has 1 aromatic carbocycles. The highest BCUT2D eigenvalue weighted by Crippen LogP contribution is 2.40. The number of carbonyl (C=O) groups is 1. The minimum atomic E-state index is -0.916. The zero-order valence-electron chi connectivity index (χ0n) is 15.9. The van der Waals surface area contributed by atoms with Crippen molar-refractivity contribution < 1.29 is 18.7 Å². The number of halogens is 1. The largest absolute Gasteiger partial charge is 0.487 e. The maximum atomic E-state index is 14.8. The van der Waals surface area contributed by atoms with Gasteiger partial charge in [0.1, 0.15) is 36.4 Å². The molecule has 30 heavy (non-hydrogen) atoms. The molecular weight excluding hydrogens is 409 g/mol. The third-order valence-electron chi connectivity index (χ3n) is 4.89. The van der Waals surface area contributed by atoms with Gasteiger partial charge in [-0.05, 0) is 30.7 Å². The Bertz CT molecular complexity index is 1050. The molecule has 0 spiro atoms. The quantitative estimate of drug-likeness (QED) is 0.761. The van der Waals surface area contributed by atoms with E-state index in [9.17, 15) is 14.4 Å². The van der Waals surface area contributed by atoms with Gasteiger partial charge >= 0.3 is 0 Å². The Morgan fingerprint density at radius 1 is 1.47 bits per heavy atom. The predicted molar refractivity (Wildman–Crippen MR) is 105 cm³/mol. The monoisotopic (exact) mass is 427 g/mol. The number of hydrogen-bond donors (Lipinski definition) is 2. The van der Waals surface area contributed by atoms with Gasteiger partial charge < -0.3 is 20.1 Å². The van der Waals surface area contributed by atoms with Crippen molar-refractivity contribution in [3.05, 3.63) is 33.4 Å². The summed E-state index contributed by atoms with van der Waals surface area (Å²) in [5.41, 5.74) is 1.27. The van der Waals surface area contributed by atoms with Crippen LogP contribution < -0.4 is 15.4 Å². The lowest BCUT2D eigenvalue weighted by Gasteiger charge is -2.20. The molecule has 2 aliphatic heterocycles. The number of fused-ring (bicyclic) bond motifs is 3. The van der Waals surface area contributed by atoms with Gasteiger partial charge in [-0.3, -0.25) is 4.79 Å². The Morgan fingerprint density at radius 3 is 3.13 bits per heavy atom. The summed E-state index contributed by atoms with van der Waals surface area (Å²) in [6, 6.07) is 5.91. The maximum absolute atomic E-state index is 14.8. The number of carbonyl (C=O) groups excluding carboxylic acids is 1. The number of ether oxygens (including phenoxy) is 2. The number of rotatable bonds is 4. The molecule has 1 fully saturated rings. The Hall–Kier alpha value is -3.05. The molecule has 1 saturated heterocycles. The summed E-state index contributed by atoms with van der Waals surface area (Å²) in [5.74, 6) is -0.492. The lowest BCUT2D eigenvalue weighted by molar-refractivity contribution is -0.132. The van der Waals surface area contributed by atoms with Crippen molar-refractivity contribution in [2.24, 2.45) is 0 Å². The first-order valence-corrected chi connectivity index (χ1v) is 10.3. The topological polar surface area (TPSA) is 120 Å². The smallest absolute Gasteiger partial charge is 0.251 e. The van der Waals surface area contributed by atoms with E-state index < -0.39 is 23.9 Å². The molecule has 154 valence electrons. The van der Waals surface area contributed by atoms with Gasteiger partial charge in [-0.25, -0.2) is 9.37 Å². The molecule has 2 aliphatic rings. The number of thiazole rings is 1. The molecule has 8 nitrogen and oxygen atoms in total. The van der Waals surface area contributed by atoms with Crippen LogP contribution >= 0.6 is 11.3 Å². The van der Waals surface area contributed by atoms with Crippen LogP contribution in [0.5, 0.6) is 5.75 Å². The van der Waals surface area contributed by atoms with Gasteiger partial charge in [0.05, 0.1) is 16.6 Å². The van der Waals surface area contributed by atoms with Crippen LogP contribution in [0.1, 0.15) is 21.9 Å². The van der Waals surface area contributed by atoms with Crippen molar-refractivity contribution in [2.75, 3.05) is 19.7 Å². The molecule has 2 aromatic rings. The average molecular weight is 427 g/mol. The lowest BCUT2D eigenvalue weighted by Crippen LogP contribution is -2.46. The van der Waals surface area contributed by atoms with Crippen molar-refractivity contribution >= 4 is 17.2 Å². The highest BCUT2D eigenvalue weighted by atomic mass is 32.1. The summed E-state index contributed by atoms with van der Waals surface area (Å²) >= 11 is 1.22. The number of benzene rings is 1. The molecule has 1 amide bonds. The molecule has 0 bridgehead atoms. The Kier molecular flexibility index (Phi) is 5.91. The molecule has 2 N–H and O–H groups in total. The normalized spacial score (nSPS) is 18.6. The fourth-order valence-electron chi connectivity index (χ4n) is 3.40. The standard InChI is InChI=1S/C20H18FN5O3S/c21-14-6-13-15(29-10-17-19(13)26-18(8-23)30-17)5-11(14)4-12(7-22)25-20(27)16-9-24-2-1-3-28-16/h5-6,12,16,24H,1-4,9-10H2,(H,25,27)/t12-,16-/m0/s1. The Labute approximate surface area is 176 Å². The van der Waals surface area contributed by atoms with E-state index in [1.54, 1.807) is 0 Å². The fraction of sp³-hybridized carbons (Fsp3) is 0.400. The van der Waals surface area contributed by atoms with E-state index in [1.165, 1.54) is 23.5 Å². The summed E-state index contributed by atoms with van der Waals surface area (Å²) in [7, 11) is 0. The van der Waals surface area contributed by atoms with Gasteiger partial charge in [-0.15, -0.1) is 11.3 Å². The molecule has 3 heterocycles. The van der Waals surface area contributed by atoms with Gasteiger partial charge in [0.25, 0.3) is 5.91 Å². The number of hydrogen-bond acceptors (Lipinski definition) is 8. The molecule has 4 rings (SSSR count). The molecule has 1 aromatic heterocycles. The van der Waals surface area contributed by atoms with Crippen LogP contribution in [0.25, 0.3) is 11.3 Å². The van der Waals surface area contributed by atoms with Crippen LogP contribution in [0, 0.1) is 28.5 Å².